The van der Waals surface area contributed by atoms with E-state index in [1.807, 2.05) is 42.0 Å². The zero-order chi connectivity index (χ0) is 15.7. The predicted molar refractivity (Wildman–Crippen MR) is 90.9 cm³/mol. The minimum Gasteiger partial charge on any atom is -0.334 e. The quantitative estimate of drug-likeness (QED) is 0.494. The van der Waals surface area contributed by atoms with E-state index in [1.165, 1.54) is 22.2 Å². The van der Waals surface area contributed by atoms with E-state index in [1.54, 1.807) is 0 Å². The van der Waals surface area contributed by atoms with Crippen molar-refractivity contribution in [3.05, 3.63) is 60.2 Å². The van der Waals surface area contributed by atoms with Gasteiger partial charge in [0.25, 0.3) is 0 Å². The van der Waals surface area contributed by atoms with Crippen LogP contribution in [0.4, 0.5) is 0 Å². The Hall–Kier alpha value is -2.62. The molecule has 2 aromatic carbocycles. The molecule has 0 spiro atoms. The van der Waals surface area contributed by atoms with Crippen LogP contribution in [0.3, 0.4) is 0 Å². The fraction of sp³-hybridized carbons (Fsp3) is 0.222. The summed E-state index contributed by atoms with van der Waals surface area (Å²) in [4.78, 5) is 8.46. The number of imidazole rings is 2. The Morgan fingerprint density at radius 3 is 2.05 bits per heavy atom. The standard InChI is InChI=1S/2C9H10N2/c1-7-3-4-9-8(5-7)10-6-11(9)2;1-7-3-4-8-9(5-7)11(2)6-10-8/h2*3-6H,1-2H3. The summed E-state index contributed by atoms with van der Waals surface area (Å²) in [6.45, 7) is 4.17. The van der Waals surface area contributed by atoms with Gasteiger partial charge in [-0.2, -0.15) is 0 Å². The summed E-state index contributed by atoms with van der Waals surface area (Å²) in [5.74, 6) is 0. The number of aryl methyl sites for hydroxylation is 4. The lowest BCUT2D eigenvalue weighted by atomic mass is 10.2. The maximum absolute atomic E-state index is 4.24. The lowest BCUT2D eigenvalue weighted by Gasteiger charge is -1.94. The Morgan fingerprint density at radius 1 is 0.682 bits per heavy atom. The number of hydrogen-bond acceptors (Lipinski definition) is 2. The number of rotatable bonds is 0. The molecule has 2 heterocycles. The van der Waals surface area contributed by atoms with Gasteiger partial charge in [-0.05, 0) is 49.2 Å². The molecule has 0 saturated carbocycles. The molecular formula is C18H20N4. The third-order valence-electron chi connectivity index (χ3n) is 3.76. The van der Waals surface area contributed by atoms with Crippen molar-refractivity contribution in [3.8, 4) is 0 Å². The number of aromatic nitrogens is 4. The molecule has 0 radical (unpaired) electrons. The number of benzene rings is 2. The van der Waals surface area contributed by atoms with Crippen LogP contribution in [0.15, 0.2) is 49.1 Å². The van der Waals surface area contributed by atoms with Crippen molar-refractivity contribution in [2.75, 3.05) is 0 Å². The van der Waals surface area contributed by atoms with Gasteiger partial charge in [0.05, 0.1) is 34.7 Å². The van der Waals surface area contributed by atoms with Gasteiger partial charge in [0.2, 0.25) is 0 Å². The Bertz CT molecular complexity index is 931. The van der Waals surface area contributed by atoms with Gasteiger partial charge in [0.1, 0.15) is 0 Å². The normalized spacial score (nSPS) is 10.7. The van der Waals surface area contributed by atoms with E-state index in [2.05, 4.69) is 54.1 Å². The molecule has 0 aliphatic rings. The lowest BCUT2D eigenvalue weighted by molar-refractivity contribution is 0.947. The average molecular weight is 292 g/mol. The van der Waals surface area contributed by atoms with E-state index in [4.69, 9.17) is 0 Å². The van der Waals surface area contributed by atoms with E-state index >= 15 is 0 Å². The summed E-state index contributed by atoms with van der Waals surface area (Å²) >= 11 is 0. The fourth-order valence-corrected chi connectivity index (χ4v) is 2.48. The lowest BCUT2D eigenvalue weighted by Crippen LogP contribution is -1.83. The van der Waals surface area contributed by atoms with Crippen molar-refractivity contribution < 1.29 is 0 Å². The van der Waals surface area contributed by atoms with Crippen LogP contribution >= 0.6 is 0 Å². The van der Waals surface area contributed by atoms with Crippen LogP contribution in [0.5, 0.6) is 0 Å². The third kappa shape index (κ3) is 2.72. The van der Waals surface area contributed by atoms with E-state index in [0.717, 1.165) is 11.0 Å². The SMILES string of the molecule is Cc1ccc2c(c1)ncn2C.Cc1ccc2ncn(C)c2c1. The van der Waals surface area contributed by atoms with Crippen LogP contribution in [0.25, 0.3) is 22.1 Å². The summed E-state index contributed by atoms with van der Waals surface area (Å²) in [5.41, 5.74) is 7.07. The molecule has 4 aromatic rings. The first kappa shape index (κ1) is 14.3. The Labute approximate surface area is 130 Å². The first-order valence-electron chi connectivity index (χ1n) is 7.30. The molecule has 2 aromatic heterocycles. The van der Waals surface area contributed by atoms with E-state index < -0.39 is 0 Å². The first-order valence-corrected chi connectivity index (χ1v) is 7.30. The summed E-state index contributed by atoms with van der Waals surface area (Å²) in [7, 11) is 4.01. The molecular weight excluding hydrogens is 272 g/mol. The second-order valence-corrected chi connectivity index (χ2v) is 5.70. The molecule has 0 amide bonds. The minimum absolute atomic E-state index is 1.07. The Kier molecular flexibility index (Phi) is 3.67. The molecule has 112 valence electrons. The zero-order valence-electron chi connectivity index (χ0n) is 13.4. The number of hydrogen-bond donors (Lipinski definition) is 0. The van der Waals surface area contributed by atoms with Gasteiger partial charge in [-0.3, -0.25) is 0 Å². The maximum Gasteiger partial charge on any atom is 0.0955 e. The van der Waals surface area contributed by atoms with Gasteiger partial charge in [-0.25, -0.2) is 9.97 Å². The molecule has 0 atom stereocenters. The largest absolute Gasteiger partial charge is 0.334 e. The first-order chi connectivity index (χ1) is 10.5. The molecule has 22 heavy (non-hydrogen) atoms. The number of nitrogens with zero attached hydrogens (tertiary/aromatic N) is 4. The minimum atomic E-state index is 1.07. The second-order valence-electron chi connectivity index (χ2n) is 5.70. The van der Waals surface area contributed by atoms with Crippen molar-refractivity contribution in [2.24, 2.45) is 14.1 Å². The Morgan fingerprint density at radius 2 is 1.27 bits per heavy atom. The van der Waals surface area contributed by atoms with Gasteiger partial charge in [-0.15, -0.1) is 0 Å². The average Bonchev–Trinajstić information content (AvgIpc) is 3.04. The van der Waals surface area contributed by atoms with E-state index in [9.17, 15) is 0 Å². The molecule has 4 nitrogen and oxygen atoms in total. The highest BCUT2D eigenvalue weighted by Crippen LogP contribution is 2.13. The highest BCUT2D eigenvalue weighted by molar-refractivity contribution is 5.76. The number of fused-ring (bicyclic) bond motifs is 2. The molecule has 4 rings (SSSR count). The smallest absolute Gasteiger partial charge is 0.0955 e. The fourth-order valence-electron chi connectivity index (χ4n) is 2.48. The molecule has 4 heteroatoms. The summed E-state index contributed by atoms with van der Waals surface area (Å²) < 4.78 is 4.05. The molecule has 0 unspecified atom stereocenters. The van der Waals surface area contributed by atoms with Crippen LogP contribution < -0.4 is 0 Å². The van der Waals surface area contributed by atoms with Crippen molar-refractivity contribution >= 4 is 22.1 Å². The zero-order valence-corrected chi connectivity index (χ0v) is 13.4. The highest BCUT2D eigenvalue weighted by atomic mass is 15.0. The van der Waals surface area contributed by atoms with Crippen molar-refractivity contribution in [1.82, 2.24) is 19.1 Å². The molecule has 0 aliphatic heterocycles. The van der Waals surface area contributed by atoms with E-state index in [-0.39, 0.29) is 0 Å². The van der Waals surface area contributed by atoms with Gasteiger partial charge in [0, 0.05) is 14.1 Å². The third-order valence-corrected chi connectivity index (χ3v) is 3.76. The van der Waals surface area contributed by atoms with Crippen molar-refractivity contribution in [1.29, 1.82) is 0 Å². The molecule has 0 bridgehead atoms. The van der Waals surface area contributed by atoms with Crippen molar-refractivity contribution in [2.45, 2.75) is 13.8 Å². The van der Waals surface area contributed by atoms with E-state index in [0.29, 0.717) is 0 Å². The second kappa shape index (κ2) is 5.64. The van der Waals surface area contributed by atoms with Gasteiger partial charge in [-0.1, -0.05) is 12.1 Å². The van der Waals surface area contributed by atoms with Gasteiger partial charge >= 0.3 is 0 Å². The highest BCUT2D eigenvalue weighted by Gasteiger charge is 1.97. The monoisotopic (exact) mass is 292 g/mol. The maximum atomic E-state index is 4.24. The van der Waals surface area contributed by atoms with Crippen LogP contribution in [0.1, 0.15) is 11.1 Å². The van der Waals surface area contributed by atoms with Crippen LogP contribution in [0, 0.1) is 13.8 Å². The molecule has 0 saturated heterocycles. The van der Waals surface area contributed by atoms with Gasteiger partial charge in [0.15, 0.2) is 0 Å². The summed E-state index contributed by atoms with van der Waals surface area (Å²) in [5, 5.41) is 0. The van der Waals surface area contributed by atoms with Gasteiger partial charge < -0.3 is 9.13 Å². The topological polar surface area (TPSA) is 35.6 Å². The Balaban J connectivity index is 0.000000131. The molecule has 0 fully saturated rings. The van der Waals surface area contributed by atoms with Crippen LogP contribution in [-0.4, -0.2) is 19.1 Å². The summed E-state index contributed by atoms with van der Waals surface area (Å²) in [6.07, 6.45) is 3.67. The summed E-state index contributed by atoms with van der Waals surface area (Å²) in [6, 6.07) is 12.6. The predicted octanol–water partition coefficient (Wildman–Crippen LogP) is 3.76. The van der Waals surface area contributed by atoms with Crippen LogP contribution in [0.2, 0.25) is 0 Å². The molecule has 0 aliphatic carbocycles. The molecule has 0 N–H and O–H groups in total. The van der Waals surface area contributed by atoms with Crippen LogP contribution in [-0.2, 0) is 14.1 Å². The van der Waals surface area contributed by atoms with Crippen molar-refractivity contribution in [3.63, 3.8) is 0 Å².